The molecule has 0 saturated carbocycles. The van der Waals surface area contributed by atoms with Crippen molar-refractivity contribution in [3.63, 3.8) is 0 Å². The van der Waals surface area contributed by atoms with Gasteiger partial charge in [0.25, 0.3) is 5.91 Å². The highest BCUT2D eigenvalue weighted by molar-refractivity contribution is 9.10. The molecule has 3 N–H and O–H groups in total. The maximum Gasteiger partial charge on any atom is 0.339 e. The first kappa shape index (κ1) is 15.3. The van der Waals surface area contributed by atoms with E-state index in [1.165, 1.54) is 24.3 Å². The Morgan fingerprint density at radius 3 is 2.43 bits per heavy atom. The highest BCUT2D eigenvalue weighted by atomic mass is 79.9. The fraction of sp³-hybridized carbons (Fsp3) is 0. The summed E-state index contributed by atoms with van der Waals surface area (Å²) in [6.45, 7) is 0. The molecule has 1 amide bonds. The first-order valence-corrected chi connectivity index (χ1v) is 6.87. The number of carbonyl (C=O) groups is 2. The lowest BCUT2D eigenvalue weighted by Gasteiger charge is -2.08. The van der Waals surface area contributed by atoms with Gasteiger partial charge in [-0.25, -0.2) is 4.79 Å². The third-order valence-electron chi connectivity index (χ3n) is 2.61. The van der Waals surface area contributed by atoms with Crippen molar-refractivity contribution in [3.8, 4) is 5.75 Å². The lowest BCUT2D eigenvalue weighted by molar-refractivity contribution is 0.0693. The molecule has 0 unspecified atom stereocenters. The van der Waals surface area contributed by atoms with Crippen LogP contribution in [0, 0.1) is 0 Å². The molecular formula is C14H9BrClNO4. The van der Waals surface area contributed by atoms with E-state index in [4.69, 9.17) is 16.7 Å². The lowest BCUT2D eigenvalue weighted by atomic mass is 10.1. The van der Waals surface area contributed by atoms with Crippen molar-refractivity contribution in [1.82, 2.24) is 0 Å². The van der Waals surface area contributed by atoms with Crippen LogP contribution in [-0.2, 0) is 0 Å². The molecule has 0 bridgehead atoms. The molecule has 0 fully saturated rings. The second-order valence-corrected chi connectivity index (χ2v) is 5.50. The summed E-state index contributed by atoms with van der Waals surface area (Å²) >= 11 is 9.10. The van der Waals surface area contributed by atoms with Gasteiger partial charge in [0, 0.05) is 26.8 Å². The van der Waals surface area contributed by atoms with Crippen molar-refractivity contribution in [3.05, 3.63) is 57.0 Å². The fourth-order valence-electron chi connectivity index (χ4n) is 1.68. The number of amides is 1. The van der Waals surface area contributed by atoms with Gasteiger partial charge >= 0.3 is 5.97 Å². The van der Waals surface area contributed by atoms with E-state index < -0.39 is 17.6 Å². The molecule has 0 aromatic heterocycles. The summed E-state index contributed by atoms with van der Waals surface area (Å²) in [7, 11) is 0. The van der Waals surface area contributed by atoms with Gasteiger partial charge in [-0.3, -0.25) is 4.79 Å². The molecule has 0 aliphatic carbocycles. The number of anilines is 1. The lowest BCUT2D eigenvalue weighted by Crippen LogP contribution is -2.12. The average Bonchev–Trinajstić information content (AvgIpc) is 2.37. The van der Waals surface area contributed by atoms with E-state index in [2.05, 4.69) is 21.2 Å². The largest absolute Gasteiger partial charge is 0.507 e. The number of nitrogens with one attached hydrogen (secondary N) is 1. The summed E-state index contributed by atoms with van der Waals surface area (Å²) in [5.41, 5.74) is 0.369. The standard InChI is InChI=1S/C14H9BrClNO4/c15-8-3-7(4-9(16)5-8)13(19)17-10-1-2-11(14(20)21)12(18)6-10/h1-6,18H,(H,17,19)(H,20,21). The Balaban J connectivity index is 2.23. The SMILES string of the molecule is O=C(Nc1ccc(C(=O)O)c(O)c1)c1cc(Cl)cc(Br)c1. The number of hydrogen-bond acceptors (Lipinski definition) is 3. The third kappa shape index (κ3) is 3.74. The van der Waals surface area contributed by atoms with Crippen LogP contribution in [0.3, 0.4) is 0 Å². The van der Waals surface area contributed by atoms with Crippen molar-refractivity contribution in [2.75, 3.05) is 5.32 Å². The molecule has 0 spiro atoms. The van der Waals surface area contributed by atoms with Crippen LogP contribution in [0.5, 0.6) is 5.75 Å². The minimum atomic E-state index is -1.25. The van der Waals surface area contributed by atoms with Crippen molar-refractivity contribution >= 4 is 45.1 Å². The van der Waals surface area contributed by atoms with E-state index >= 15 is 0 Å². The van der Waals surface area contributed by atoms with Crippen LogP contribution in [0.15, 0.2) is 40.9 Å². The van der Waals surface area contributed by atoms with Gasteiger partial charge < -0.3 is 15.5 Å². The number of benzene rings is 2. The van der Waals surface area contributed by atoms with Crippen LogP contribution >= 0.6 is 27.5 Å². The number of halogens is 2. The highest BCUT2D eigenvalue weighted by Gasteiger charge is 2.12. The minimum absolute atomic E-state index is 0.238. The number of phenols is 1. The molecule has 0 aliphatic heterocycles. The fourth-order valence-corrected chi connectivity index (χ4v) is 2.54. The molecule has 0 radical (unpaired) electrons. The summed E-state index contributed by atoms with van der Waals surface area (Å²) in [5, 5.41) is 21.3. The van der Waals surface area contributed by atoms with Gasteiger partial charge in [0.2, 0.25) is 0 Å². The summed E-state index contributed by atoms with van der Waals surface area (Å²) < 4.78 is 0.657. The Hall–Kier alpha value is -2.05. The number of carboxylic acids is 1. The van der Waals surface area contributed by atoms with E-state index in [-0.39, 0.29) is 11.3 Å². The van der Waals surface area contributed by atoms with Gasteiger partial charge in [-0.15, -0.1) is 0 Å². The molecule has 0 heterocycles. The second kappa shape index (κ2) is 6.15. The monoisotopic (exact) mass is 369 g/mol. The molecule has 2 aromatic carbocycles. The Bertz CT molecular complexity index is 713. The van der Waals surface area contributed by atoms with Crippen LogP contribution in [0.1, 0.15) is 20.7 Å². The molecule has 2 aromatic rings. The van der Waals surface area contributed by atoms with Gasteiger partial charge in [-0.1, -0.05) is 27.5 Å². The Kier molecular flexibility index (Phi) is 4.50. The van der Waals surface area contributed by atoms with Crippen molar-refractivity contribution in [2.45, 2.75) is 0 Å². The predicted molar refractivity (Wildman–Crippen MR) is 82.2 cm³/mol. The first-order chi connectivity index (χ1) is 9.86. The summed E-state index contributed by atoms with van der Waals surface area (Å²) in [4.78, 5) is 22.8. The number of carbonyl (C=O) groups excluding carboxylic acids is 1. The number of rotatable bonds is 3. The summed E-state index contributed by atoms with van der Waals surface area (Å²) in [6.07, 6.45) is 0. The quantitative estimate of drug-likeness (QED) is 0.768. The topological polar surface area (TPSA) is 86.6 Å². The van der Waals surface area contributed by atoms with Gasteiger partial charge in [0.05, 0.1) is 0 Å². The number of aromatic carboxylic acids is 1. The summed E-state index contributed by atoms with van der Waals surface area (Å²) in [5.74, 6) is -2.10. The molecular weight excluding hydrogens is 362 g/mol. The normalized spacial score (nSPS) is 10.2. The van der Waals surface area contributed by atoms with Gasteiger partial charge in [0.15, 0.2) is 0 Å². The van der Waals surface area contributed by atoms with Gasteiger partial charge in [-0.05, 0) is 30.3 Å². The molecule has 108 valence electrons. The van der Waals surface area contributed by atoms with Crippen LogP contribution in [0.4, 0.5) is 5.69 Å². The molecule has 7 heteroatoms. The Morgan fingerprint density at radius 1 is 1.14 bits per heavy atom. The molecule has 21 heavy (non-hydrogen) atoms. The number of aromatic hydroxyl groups is 1. The van der Waals surface area contributed by atoms with Crippen LogP contribution in [-0.4, -0.2) is 22.1 Å². The van der Waals surface area contributed by atoms with E-state index in [0.29, 0.717) is 15.1 Å². The zero-order valence-electron chi connectivity index (χ0n) is 10.4. The highest BCUT2D eigenvalue weighted by Crippen LogP contribution is 2.24. The average molecular weight is 371 g/mol. The number of hydrogen-bond donors (Lipinski definition) is 3. The Morgan fingerprint density at radius 2 is 1.86 bits per heavy atom. The first-order valence-electron chi connectivity index (χ1n) is 5.70. The second-order valence-electron chi connectivity index (χ2n) is 4.15. The van der Waals surface area contributed by atoms with Gasteiger partial charge in [-0.2, -0.15) is 0 Å². The van der Waals surface area contributed by atoms with Crippen molar-refractivity contribution in [1.29, 1.82) is 0 Å². The minimum Gasteiger partial charge on any atom is -0.507 e. The Labute approximate surface area is 133 Å². The summed E-state index contributed by atoms with van der Waals surface area (Å²) in [6, 6.07) is 8.49. The maximum atomic E-state index is 12.1. The number of carboxylic acid groups (broad SMARTS) is 1. The van der Waals surface area contributed by atoms with Crippen molar-refractivity contribution in [2.24, 2.45) is 0 Å². The van der Waals surface area contributed by atoms with E-state index in [9.17, 15) is 14.7 Å². The van der Waals surface area contributed by atoms with E-state index in [1.807, 2.05) is 0 Å². The van der Waals surface area contributed by atoms with Crippen molar-refractivity contribution < 1.29 is 19.8 Å². The predicted octanol–water partition coefficient (Wildman–Crippen LogP) is 3.76. The van der Waals surface area contributed by atoms with Crippen LogP contribution < -0.4 is 5.32 Å². The molecule has 0 atom stereocenters. The molecule has 5 nitrogen and oxygen atoms in total. The molecule has 0 aliphatic rings. The van der Waals surface area contributed by atoms with E-state index in [1.54, 1.807) is 12.1 Å². The van der Waals surface area contributed by atoms with Crippen LogP contribution in [0.2, 0.25) is 5.02 Å². The molecule has 0 saturated heterocycles. The van der Waals surface area contributed by atoms with E-state index in [0.717, 1.165) is 0 Å². The zero-order chi connectivity index (χ0) is 15.6. The smallest absolute Gasteiger partial charge is 0.339 e. The maximum absolute atomic E-state index is 12.1. The third-order valence-corrected chi connectivity index (χ3v) is 3.29. The zero-order valence-corrected chi connectivity index (χ0v) is 12.8. The molecule has 2 rings (SSSR count). The van der Waals surface area contributed by atoms with Gasteiger partial charge in [0.1, 0.15) is 11.3 Å². The van der Waals surface area contributed by atoms with Crippen LogP contribution in [0.25, 0.3) is 0 Å².